The number of primary amides is 1. The Kier molecular flexibility index (Phi) is 7.08. The predicted molar refractivity (Wildman–Crippen MR) is 156 cm³/mol. The molecule has 11 nitrogen and oxygen atoms in total. The van der Waals surface area contributed by atoms with E-state index in [4.69, 9.17) is 5.73 Å². The summed E-state index contributed by atoms with van der Waals surface area (Å²) in [4.78, 5) is 72.9. The van der Waals surface area contributed by atoms with Crippen molar-refractivity contribution < 1.29 is 34.2 Å². The lowest BCUT2D eigenvalue weighted by molar-refractivity contribution is -0.181. The maximum atomic E-state index is 14.0. The topological polar surface area (TPSA) is 162 Å². The first-order chi connectivity index (χ1) is 20.2. The van der Waals surface area contributed by atoms with E-state index in [1.165, 1.54) is 4.90 Å². The smallest absolute Gasteiger partial charge is 0.235 e. The number of carbonyl (C=O) groups excluding carboxylic acids is 5. The molecule has 0 radical (unpaired) electrons. The standard InChI is InChI=1S/C32H38N4O7/c1-34(2)19-7-8-36(14-19)13-15-5-6-16-10-17-11-18-12-21-25(35(3)4)28(39)24(31(33)42)30(41)32(21,43)29(40)23(18)27(38)22(17)26(37)20(16)9-15/h5-6,9-10,18-19,21,23-25,37,43H,7-8,11-14H2,1-4H3,(H2,33,42)/t18-,19+,21-,23?,24?,25-,32-/m0/s1. The van der Waals surface area contributed by atoms with Crippen molar-refractivity contribution in [1.29, 1.82) is 0 Å². The molecule has 0 bridgehead atoms. The fourth-order valence-electron chi connectivity index (χ4n) is 8.15. The van der Waals surface area contributed by atoms with Crippen LogP contribution in [0.2, 0.25) is 0 Å². The SMILES string of the molecule is CN(C)[C@@H]1CCN(Cc2ccc3cc4c(c(O)c3c2)C(=O)C2C(=O)[C@]3(O)C(=O)C(C(N)=O)C(=O)[C@@H](N(C)C)[C@@H]3C[C@@H]2C4)C1. The number of aromatic hydroxyl groups is 1. The number of fused-ring (bicyclic) bond motifs is 4. The molecule has 4 aliphatic rings. The van der Waals surface area contributed by atoms with E-state index in [0.717, 1.165) is 30.5 Å². The van der Waals surface area contributed by atoms with Crippen molar-refractivity contribution in [2.45, 2.75) is 43.5 Å². The molecule has 2 aromatic carbocycles. The van der Waals surface area contributed by atoms with E-state index in [2.05, 4.69) is 23.9 Å². The first-order valence-corrected chi connectivity index (χ1v) is 14.8. The van der Waals surface area contributed by atoms with Gasteiger partial charge in [-0.3, -0.25) is 33.8 Å². The van der Waals surface area contributed by atoms with Gasteiger partial charge in [-0.05, 0) is 76.0 Å². The van der Waals surface area contributed by atoms with Crippen LogP contribution in [0.5, 0.6) is 5.75 Å². The van der Waals surface area contributed by atoms with Crippen molar-refractivity contribution >= 4 is 39.8 Å². The number of phenolic OH excluding ortho intramolecular Hbond substituents is 1. The van der Waals surface area contributed by atoms with Crippen LogP contribution in [0.15, 0.2) is 24.3 Å². The molecule has 4 N–H and O–H groups in total. The lowest BCUT2D eigenvalue weighted by atomic mass is 9.52. The number of carbonyl (C=O) groups is 5. The van der Waals surface area contributed by atoms with Gasteiger partial charge in [0.25, 0.3) is 0 Å². The van der Waals surface area contributed by atoms with E-state index in [-0.39, 0.29) is 24.2 Å². The quantitative estimate of drug-likeness (QED) is 0.409. The number of likely N-dealkylation sites (N-methyl/N-ethyl adjacent to an activating group) is 2. The van der Waals surface area contributed by atoms with Gasteiger partial charge in [-0.1, -0.05) is 18.2 Å². The van der Waals surface area contributed by atoms with Crippen molar-refractivity contribution in [3.63, 3.8) is 0 Å². The third-order valence-corrected chi connectivity index (χ3v) is 10.3. The molecule has 2 unspecified atom stereocenters. The summed E-state index contributed by atoms with van der Waals surface area (Å²) >= 11 is 0. The zero-order valence-corrected chi connectivity index (χ0v) is 24.9. The molecule has 6 rings (SSSR count). The van der Waals surface area contributed by atoms with Gasteiger partial charge in [0.15, 0.2) is 34.7 Å². The summed E-state index contributed by atoms with van der Waals surface area (Å²) in [6, 6.07) is 7.04. The summed E-state index contributed by atoms with van der Waals surface area (Å²) in [7, 11) is 7.28. The van der Waals surface area contributed by atoms with Gasteiger partial charge >= 0.3 is 0 Å². The molecule has 1 heterocycles. The molecular weight excluding hydrogens is 552 g/mol. The summed E-state index contributed by atoms with van der Waals surface area (Å²) < 4.78 is 0. The number of phenols is 1. The average Bonchev–Trinajstić information content (AvgIpc) is 3.39. The summed E-state index contributed by atoms with van der Waals surface area (Å²) in [6.07, 6.45) is 1.35. The van der Waals surface area contributed by atoms with Gasteiger partial charge < -0.3 is 20.8 Å². The molecule has 43 heavy (non-hydrogen) atoms. The normalized spacial score (nSPS) is 32.8. The number of nitrogens with zero attached hydrogens (tertiary/aromatic N) is 3. The highest BCUT2D eigenvalue weighted by molar-refractivity contribution is 6.32. The van der Waals surface area contributed by atoms with Gasteiger partial charge in [0.1, 0.15) is 5.75 Å². The van der Waals surface area contributed by atoms with Gasteiger partial charge in [0.2, 0.25) is 5.91 Å². The van der Waals surface area contributed by atoms with Crippen LogP contribution in [0.4, 0.5) is 0 Å². The summed E-state index contributed by atoms with van der Waals surface area (Å²) in [6.45, 7) is 2.59. The number of aliphatic hydroxyl groups is 1. The molecule has 0 aromatic heterocycles. The Labute approximate surface area is 249 Å². The molecular formula is C32H38N4O7. The van der Waals surface area contributed by atoms with Crippen LogP contribution in [0.25, 0.3) is 10.8 Å². The molecule has 11 heteroatoms. The monoisotopic (exact) mass is 590 g/mol. The van der Waals surface area contributed by atoms with Crippen molar-refractivity contribution in [3.05, 3.63) is 41.0 Å². The first kappa shape index (κ1) is 29.6. The zero-order valence-electron chi connectivity index (χ0n) is 24.9. The third kappa shape index (κ3) is 4.35. The highest BCUT2D eigenvalue weighted by atomic mass is 16.3. The number of benzene rings is 2. The number of nitrogens with two attached hydrogens (primary N) is 1. The second kappa shape index (κ2) is 10.3. The maximum absolute atomic E-state index is 14.0. The number of rotatable bonds is 5. The van der Waals surface area contributed by atoms with Crippen LogP contribution in [0.1, 0.15) is 34.3 Å². The number of ketones is 4. The van der Waals surface area contributed by atoms with E-state index in [9.17, 15) is 34.2 Å². The molecule has 1 aliphatic heterocycles. The number of Topliss-reactive ketones (excluding diaryl/α,β-unsaturated/α-hetero) is 4. The Bertz CT molecular complexity index is 1590. The predicted octanol–water partition coefficient (Wildman–Crippen LogP) is 0.156. The van der Waals surface area contributed by atoms with Crippen LogP contribution in [-0.2, 0) is 32.1 Å². The maximum Gasteiger partial charge on any atom is 0.235 e. The fourth-order valence-corrected chi connectivity index (χ4v) is 8.15. The van der Waals surface area contributed by atoms with E-state index >= 15 is 0 Å². The summed E-state index contributed by atoms with van der Waals surface area (Å²) in [5.41, 5.74) is 4.25. The minimum atomic E-state index is -2.73. The second-order valence-corrected chi connectivity index (χ2v) is 13.2. The average molecular weight is 591 g/mol. The number of hydrogen-bond donors (Lipinski definition) is 3. The summed E-state index contributed by atoms with van der Waals surface area (Å²) in [5, 5.41) is 24.5. The van der Waals surface area contributed by atoms with Gasteiger partial charge in [0.05, 0.1) is 17.5 Å². The Morgan fingerprint density at radius 1 is 1.07 bits per heavy atom. The van der Waals surface area contributed by atoms with E-state index < -0.39 is 64.4 Å². The van der Waals surface area contributed by atoms with Gasteiger partial charge in [-0.25, -0.2) is 0 Å². The zero-order chi connectivity index (χ0) is 31.1. The van der Waals surface area contributed by atoms with Crippen molar-refractivity contribution in [3.8, 4) is 5.75 Å². The lowest BCUT2D eigenvalue weighted by Gasteiger charge is -2.52. The Morgan fingerprint density at radius 2 is 1.79 bits per heavy atom. The summed E-state index contributed by atoms with van der Waals surface area (Å²) in [5.74, 6) is -10.3. The van der Waals surface area contributed by atoms with Crippen molar-refractivity contribution in [2.75, 3.05) is 41.3 Å². The number of likely N-dealkylation sites (tertiary alicyclic amines) is 1. The Balaban J connectivity index is 1.37. The number of amides is 1. The molecule has 228 valence electrons. The molecule has 3 aliphatic carbocycles. The minimum absolute atomic E-state index is 0.0186. The molecule has 1 saturated heterocycles. The highest BCUT2D eigenvalue weighted by Crippen LogP contribution is 2.51. The highest BCUT2D eigenvalue weighted by Gasteiger charge is 2.69. The minimum Gasteiger partial charge on any atom is -0.507 e. The molecule has 3 fully saturated rings. The third-order valence-electron chi connectivity index (χ3n) is 10.3. The Hall–Kier alpha value is -3.51. The first-order valence-electron chi connectivity index (χ1n) is 14.8. The van der Waals surface area contributed by atoms with Crippen molar-refractivity contribution in [1.82, 2.24) is 14.7 Å². The van der Waals surface area contributed by atoms with Crippen LogP contribution in [-0.4, -0.2) is 113 Å². The van der Waals surface area contributed by atoms with Gasteiger partial charge in [0, 0.05) is 37.0 Å². The van der Waals surface area contributed by atoms with E-state index in [1.807, 2.05) is 24.3 Å². The van der Waals surface area contributed by atoms with Crippen LogP contribution >= 0.6 is 0 Å². The van der Waals surface area contributed by atoms with E-state index in [0.29, 0.717) is 23.5 Å². The largest absolute Gasteiger partial charge is 0.507 e. The van der Waals surface area contributed by atoms with Crippen LogP contribution < -0.4 is 5.73 Å². The molecule has 7 atom stereocenters. The van der Waals surface area contributed by atoms with Crippen LogP contribution in [0, 0.1) is 23.7 Å². The Morgan fingerprint density at radius 3 is 2.42 bits per heavy atom. The van der Waals surface area contributed by atoms with Crippen molar-refractivity contribution in [2.24, 2.45) is 29.4 Å². The molecule has 2 saturated carbocycles. The van der Waals surface area contributed by atoms with Gasteiger partial charge in [-0.15, -0.1) is 0 Å². The second-order valence-electron chi connectivity index (χ2n) is 13.2. The van der Waals surface area contributed by atoms with E-state index in [1.54, 1.807) is 14.1 Å². The lowest BCUT2D eigenvalue weighted by Crippen LogP contribution is -2.74. The van der Waals surface area contributed by atoms with Crippen LogP contribution in [0.3, 0.4) is 0 Å². The van der Waals surface area contributed by atoms with Gasteiger partial charge in [-0.2, -0.15) is 0 Å². The fraction of sp³-hybridized carbons (Fsp3) is 0.531. The molecule has 0 spiro atoms. The molecule has 2 aromatic rings. The number of hydrogen-bond acceptors (Lipinski definition) is 10. The molecule has 1 amide bonds.